The highest BCUT2D eigenvalue weighted by molar-refractivity contribution is 5.70. The van der Waals surface area contributed by atoms with Crippen LogP contribution in [0.15, 0.2) is 42.6 Å². The summed E-state index contributed by atoms with van der Waals surface area (Å²) in [5, 5.41) is 10.3. The first-order chi connectivity index (χ1) is 11.5. The third-order valence-electron chi connectivity index (χ3n) is 3.66. The predicted octanol–water partition coefficient (Wildman–Crippen LogP) is 4.48. The lowest BCUT2D eigenvalue weighted by molar-refractivity contribution is 0.399. The van der Waals surface area contributed by atoms with E-state index in [0.717, 1.165) is 34.6 Å². The molecule has 126 valence electrons. The van der Waals surface area contributed by atoms with Gasteiger partial charge in [0.2, 0.25) is 0 Å². The molecule has 4 heteroatoms. The number of hydrogen-bond donors (Lipinski definition) is 1. The number of aromatic nitrogens is 1. The van der Waals surface area contributed by atoms with Crippen molar-refractivity contribution in [3.05, 3.63) is 59.4 Å². The van der Waals surface area contributed by atoms with Crippen molar-refractivity contribution in [1.29, 1.82) is 0 Å². The number of rotatable bonds is 7. The molecule has 1 aromatic heterocycles. The minimum absolute atomic E-state index is 0.230. The van der Waals surface area contributed by atoms with Gasteiger partial charge in [0.1, 0.15) is 17.2 Å². The van der Waals surface area contributed by atoms with E-state index >= 15 is 0 Å². The Kier molecular flexibility index (Phi) is 6.01. The van der Waals surface area contributed by atoms with Crippen LogP contribution in [0.5, 0.6) is 17.2 Å². The molecular weight excluding hydrogens is 302 g/mol. The van der Waals surface area contributed by atoms with Gasteiger partial charge in [-0.05, 0) is 49.6 Å². The Balaban J connectivity index is 2.26. The standard InChI is InChI=1S/C20H23NO3/c1-14(2)5-8-18-19(22)11-15(12-20(18)24-4)6-7-16-13-17(23-3)9-10-21-16/h6-7,9-13,22H,1,5,8H2,2-4H3. The van der Waals surface area contributed by atoms with Gasteiger partial charge in [-0.2, -0.15) is 0 Å². The summed E-state index contributed by atoms with van der Waals surface area (Å²) in [4.78, 5) is 4.26. The molecule has 0 spiro atoms. The van der Waals surface area contributed by atoms with E-state index in [1.54, 1.807) is 32.5 Å². The number of phenolic OH excluding ortho intramolecular Hbond substituents is 1. The largest absolute Gasteiger partial charge is 0.508 e. The summed E-state index contributed by atoms with van der Waals surface area (Å²) in [5.41, 5.74) is 3.49. The monoisotopic (exact) mass is 325 g/mol. The van der Waals surface area contributed by atoms with Crippen LogP contribution in [0.4, 0.5) is 0 Å². The lowest BCUT2D eigenvalue weighted by Gasteiger charge is -2.12. The van der Waals surface area contributed by atoms with Crippen molar-refractivity contribution in [3.63, 3.8) is 0 Å². The van der Waals surface area contributed by atoms with Crippen molar-refractivity contribution in [2.45, 2.75) is 19.8 Å². The van der Waals surface area contributed by atoms with Gasteiger partial charge in [0.15, 0.2) is 0 Å². The summed E-state index contributed by atoms with van der Waals surface area (Å²) in [6.07, 6.45) is 6.95. The smallest absolute Gasteiger partial charge is 0.126 e. The third kappa shape index (κ3) is 4.62. The summed E-state index contributed by atoms with van der Waals surface area (Å²) in [7, 11) is 3.23. The van der Waals surface area contributed by atoms with Crippen LogP contribution in [0.2, 0.25) is 0 Å². The number of methoxy groups -OCH3 is 2. The van der Waals surface area contributed by atoms with E-state index in [-0.39, 0.29) is 5.75 Å². The van der Waals surface area contributed by atoms with Gasteiger partial charge in [-0.3, -0.25) is 4.98 Å². The topological polar surface area (TPSA) is 51.6 Å². The fraction of sp³-hybridized carbons (Fsp3) is 0.250. The Bertz CT molecular complexity index is 751. The molecule has 0 amide bonds. The van der Waals surface area contributed by atoms with Crippen LogP contribution in [-0.4, -0.2) is 24.3 Å². The second-order valence-electron chi connectivity index (χ2n) is 5.63. The number of nitrogens with zero attached hydrogens (tertiary/aromatic N) is 1. The molecule has 0 saturated heterocycles. The summed E-state index contributed by atoms with van der Waals surface area (Å²) < 4.78 is 10.6. The summed E-state index contributed by atoms with van der Waals surface area (Å²) in [5.74, 6) is 1.66. The van der Waals surface area contributed by atoms with Crippen LogP contribution in [0, 0.1) is 0 Å². The first kappa shape index (κ1) is 17.6. The lowest BCUT2D eigenvalue weighted by Crippen LogP contribution is -1.95. The van der Waals surface area contributed by atoms with Crippen molar-refractivity contribution in [2.24, 2.45) is 0 Å². The molecular formula is C20H23NO3. The Labute approximate surface area is 143 Å². The number of ether oxygens (including phenoxy) is 2. The van der Waals surface area contributed by atoms with Crippen LogP contribution < -0.4 is 9.47 Å². The highest BCUT2D eigenvalue weighted by Gasteiger charge is 2.10. The Morgan fingerprint density at radius 1 is 1.21 bits per heavy atom. The molecule has 0 unspecified atom stereocenters. The Morgan fingerprint density at radius 2 is 2.00 bits per heavy atom. The zero-order chi connectivity index (χ0) is 17.5. The number of hydrogen-bond acceptors (Lipinski definition) is 4. The van der Waals surface area contributed by atoms with Gasteiger partial charge in [0.25, 0.3) is 0 Å². The minimum Gasteiger partial charge on any atom is -0.508 e. The summed E-state index contributed by atoms with van der Waals surface area (Å²) in [6, 6.07) is 7.27. The van der Waals surface area contributed by atoms with Crippen molar-refractivity contribution in [3.8, 4) is 17.2 Å². The van der Waals surface area contributed by atoms with Gasteiger partial charge in [0.05, 0.1) is 19.9 Å². The van der Waals surface area contributed by atoms with Crippen LogP contribution in [-0.2, 0) is 6.42 Å². The van der Waals surface area contributed by atoms with Gasteiger partial charge in [-0.15, -0.1) is 6.58 Å². The van der Waals surface area contributed by atoms with E-state index in [2.05, 4.69) is 11.6 Å². The Morgan fingerprint density at radius 3 is 2.67 bits per heavy atom. The number of pyridine rings is 1. The van der Waals surface area contributed by atoms with Crippen molar-refractivity contribution in [1.82, 2.24) is 4.98 Å². The van der Waals surface area contributed by atoms with E-state index in [9.17, 15) is 5.11 Å². The maximum absolute atomic E-state index is 10.3. The maximum atomic E-state index is 10.3. The second kappa shape index (κ2) is 8.20. The summed E-state index contributed by atoms with van der Waals surface area (Å²) >= 11 is 0. The first-order valence-electron chi connectivity index (χ1n) is 7.76. The van der Waals surface area contributed by atoms with E-state index in [1.165, 1.54) is 0 Å². The van der Waals surface area contributed by atoms with Gasteiger partial charge in [-0.25, -0.2) is 0 Å². The average Bonchev–Trinajstić information content (AvgIpc) is 2.58. The highest BCUT2D eigenvalue weighted by Crippen LogP contribution is 2.32. The van der Waals surface area contributed by atoms with E-state index < -0.39 is 0 Å². The quantitative estimate of drug-likeness (QED) is 0.762. The molecule has 0 radical (unpaired) electrons. The van der Waals surface area contributed by atoms with Crippen LogP contribution in [0.3, 0.4) is 0 Å². The lowest BCUT2D eigenvalue weighted by atomic mass is 10.0. The number of benzene rings is 1. The van der Waals surface area contributed by atoms with Crippen LogP contribution in [0.1, 0.15) is 30.2 Å². The molecule has 0 aliphatic heterocycles. The molecule has 0 aliphatic rings. The molecule has 2 rings (SSSR count). The second-order valence-corrected chi connectivity index (χ2v) is 5.63. The normalized spacial score (nSPS) is 10.8. The van der Waals surface area contributed by atoms with Crippen molar-refractivity contribution in [2.75, 3.05) is 14.2 Å². The average molecular weight is 325 g/mol. The van der Waals surface area contributed by atoms with Crippen molar-refractivity contribution >= 4 is 12.2 Å². The zero-order valence-electron chi connectivity index (χ0n) is 14.4. The molecule has 0 bridgehead atoms. The van der Waals surface area contributed by atoms with Gasteiger partial charge in [-0.1, -0.05) is 11.6 Å². The molecule has 0 atom stereocenters. The van der Waals surface area contributed by atoms with Crippen LogP contribution >= 0.6 is 0 Å². The maximum Gasteiger partial charge on any atom is 0.126 e. The molecule has 0 aliphatic carbocycles. The fourth-order valence-electron chi connectivity index (χ4n) is 2.35. The van der Waals surface area contributed by atoms with E-state index in [1.807, 2.05) is 31.2 Å². The molecule has 1 aromatic carbocycles. The molecule has 2 aromatic rings. The number of aromatic hydroxyl groups is 1. The van der Waals surface area contributed by atoms with E-state index in [0.29, 0.717) is 12.2 Å². The molecule has 4 nitrogen and oxygen atoms in total. The zero-order valence-corrected chi connectivity index (χ0v) is 14.4. The molecule has 1 heterocycles. The predicted molar refractivity (Wildman–Crippen MR) is 97.5 cm³/mol. The van der Waals surface area contributed by atoms with Crippen LogP contribution in [0.25, 0.3) is 12.2 Å². The van der Waals surface area contributed by atoms with E-state index in [4.69, 9.17) is 9.47 Å². The molecule has 0 saturated carbocycles. The molecule has 24 heavy (non-hydrogen) atoms. The summed E-state index contributed by atoms with van der Waals surface area (Å²) in [6.45, 7) is 5.87. The van der Waals surface area contributed by atoms with Gasteiger partial charge >= 0.3 is 0 Å². The minimum atomic E-state index is 0.230. The first-order valence-corrected chi connectivity index (χ1v) is 7.76. The molecule has 1 N–H and O–H groups in total. The molecule has 0 fully saturated rings. The Hall–Kier alpha value is -2.75. The van der Waals surface area contributed by atoms with Crippen molar-refractivity contribution < 1.29 is 14.6 Å². The third-order valence-corrected chi connectivity index (χ3v) is 3.66. The highest BCUT2D eigenvalue weighted by atomic mass is 16.5. The fourth-order valence-corrected chi connectivity index (χ4v) is 2.35. The van der Waals surface area contributed by atoms with Gasteiger partial charge < -0.3 is 14.6 Å². The number of allylic oxidation sites excluding steroid dienone is 1. The number of phenols is 1. The van der Waals surface area contributed by atoms with Gasteiger partial charge in [0, 0.05) is 17.8 Å². The SMILES string of the molecule is C=C(C)CCc1c(O)cc(C=Cc2cc(OC)ccn2)cc1OC.